The van der Waals surface area contributed by atoms with Gasteiger partial charge < -0.3 is 30.5 Å². The highest BCUT2D eigenvalue weighted by Crippen LogP contribution is 2.34. The number of rotatable bonds is 10. The van der Waals surface area contributed by atoms with Gasteiger partial charge in [-0.1, -0.05) is 18.2 Å². The predicted octanol–water partition coefficient (Wildman–Crippen LogP) is 3.74. The first kappa shape index (κ1) is 26.0. The van der Waals surface area contributed by atoms with Crippen LogP contribution in [-0.4, -0.2) is 53.8 Å². The number of hydrogen-bond acceptors (Lipinski definition) is 7. The molecule has 8 nitrogen and oxygen atoms in total. The van der Waals surface area contributed by atoms with Crippen molar-refractivity contribution in [3.05, 3.63) is 89.6 Å². The molecule has 1 aliphatic rings. The Morgan fingerprint density at radius 2 is 2.03 bits per heavy atom. The molecular weight excluding hydrogens is 475 g/mol. The standard InChI is InChI=1S/C28H31FN4O4/c1-36-23-15-22(16-24(18-23)37-14-13-34)32-27(25(30)17-21-5-2-3-11-31-21)28(35)33-12-4-6-26(33)19-7-9-20(29)10-8-19/h2-3,5,7-11,15-18,26-27,32,34H,4,6,12-14,30H2,1H3. The summed E-state index contributed by atoms with van der Waals surface area (Å²) >= 11 is 0. The number of aliphatic hydroxyl groups is 1. The number of aliphatic hydroxyl groups excluding tert-OH is 1. The number of hydrogen-bond donors (Lipinski definition) is 3. The number of pyridine rings is 1. The molecule has 2 heterocycles. The Bertz CT molecular complexity index is 1220. The Kier molecular flexibility index (Phi) is 8.58. The van der Waals surface area contributed by atoms with Gasteiger partial charge >= 0.3 is 0 Å². The maximum absolute atomic E-state index is 14.0. The highest BCUT2D eigenvalue weighted by molar-refractivity contribution is 5.90. The lowest BCUT2D eigenvalue weighted by atomic mass is 10.0. The van der Waals surface area contributed by atoms with E-state index in [9.17, 15) is 9.18 Å². The molecule has 0 spiro atoms. The summed E-state index contributed by atoms with van der Waals surface area (Å²) in [6, 6.07) is 15.7. The van der Waals surface area contributed by atoms with Crippen molar-refractivity contribution in [1.82, 2.24) is 9.88 Å². The Morgan fingerprint density at radius 1 is 1.24 bits per heavy atom. The first-order valence-corrected chi connectivity index (χ1v) is 12.1. The van der Waals surface area contributed by atoms with Crippen LogP contribution in [0.5, 0.6) is 11.5 Å². The lowest BCUT2D eigenvalue weighted by Gasteiger charge is -2.30. The molecular formula is C28H31FN4O4. The van der Waals surface area contributed by atoms with Crippen LogP contribution in [0.3, 0.4) is 0 Å². The predicted molar refractivity (Wildman–Crippen MR) is 139 cm³/mol. The summed E-state index contributed by atoms with van der Waals surface area (Å²) in [6.45, 7) is 0.531. The normalized spacial score (nSPS) is 16.4. The number of ether oxygens (including phenoxy) is 2. The molecule has 2 aromatic carbocycles. The van der Waals surface area contributed by atoms with Crippen LogP contribution in [0.4, 0.5) is 10.1 Å². The number of methoxy groups -OCH3 is 1. The lowest BCUT2D eigenvalue weighted by Crippen LogP contribution is -2.45. The average Bonchev–Trinajstić information content (AvgIpc) is 3.41. The minimum Gasteiger partial charge on any atom is -0.497 e. The molecule has 1 saturated heterocycles. The van der Waals surface area contributed by atoms with Crippen LogP contribution in [0.1, 0.15) is 30.1 Å². The monoisotopic (exact) mass is 506 g/mol. The zero-order chi connectivity index (χ0) is 26.2. The maximum Gasteiger partial charge on any atom is 0.251 e. The Labute approximate surface area is 215 Å². The molecule has 37 heavy (non-hydrogen) atoms. The summed E-state index contributed by atoms with van der Waals surface area (Å²) in [7, 11) is 1.53. The van der Waals surface area contributed by atoms with E-state index in [-0.39, 0.29) is 36.7 Å². The maximum atomic E-state index is 14.0. The molecule has 0 bridgehead atoms. The first-order chi connectivity index (χ1) is 18.0. The smallest absolute Gasteiger partial charge is 0.251 e. The van der Waals surface area contributed by atoms with Crippen molar-refractivity contribution in [2.24, 2.45) is 5.73 Å². The molecule has 4 N–H and O–H groups in total. The number of likely N-dealkylation sites (tertiary alicyclic amines) is 1. The van der Waals surface area contributed by atoms with Gasteiger partial charge in [0.25, 0.3) is 5.91 Å². The van der Waals surface area contributed by atoms with E-state index in [2.05, 4.69) is 10.3 Å². The molecule has 2 atom stereocenters. The van der Waals surface area contributed by atoms with Gasteiger partial charge in [-0.05, 0) is 48.7 Å². The number of carbonyl (C=O) groups is 1. The highest BCUT2D eigenvalue weighted by Gasteiger charge is 2.35. The van der Waals surface area contributed by atoms with E-state index in [4.69, 9.17) is 20.3 Å². The topological polar surface area (TPSA) is 110 Å². The Hall–Kier alpha value is -4.11. The van der Waals surface area contributed by atoms with Gasteiger partial charge in [0.2, 0.25) is 0 Å². The molecule has 2 unspecified atom stereocenters. The first-order valence-electron chi connectivity index (χ1n) is 12.1. The number of aromatic nitrogens is 1. The largest absolute Gasteiger partial charge is 0.497 e. The van der Waals surface area contributed by atoms with Gasteiger partial charge in [-0.15, -0.1) is 0 Å². The summed E-state index contributed by atoms with van der Waals surface area (Å²) in [4.78, 5) is 20.1. The second-order valence-electron chi connectivity index (χ2n) is 8.69. The summed E-state index contributed by atoms with van der Waals surface area (Å²) in [6.07, 6.45) is 4.91. The molecule has 9 heteroatoms. The quantitative estimate of drug-likeness (QED) is 0.384. The molecule has 1 aliphatic heterocycles. The average molecular weight is 507 g/mol. The third kappa shape index (κ3) is 6.56. The van der Waals surface area contributed by atoms with E-state index in [0.717, 1.165) is 18.4 Å². The van der Waals surface area contributed by atoms with Gasteiger partial charge in [-0.3, -0.25) is 9.78 Å². The van der Waals surface area contributed by atoms with Crippen molar-refractivity contribution in [3.63, 3.8) is 0 Å². The molecule has 1 fully saturated rings. The van der Waals surface area contributed by atoms with E-state index >= 15 is 0 Å². The molecule has 1 aromatic heterocycles. The third-order valence-electron chi connectivity index (χ3n) is 6.16. The molecule has 0 radical (unpaired) electrons. The van der Waals surface area contributed by atoms with Crippen molar-refractivity contribution in [2.45, 2.75) is 24.9 Å². The zero-order valence-electron chi connectivity index (χ0n) is 20.6. The SMILES string of the molecule is COc1cc(NC(C(=O)N2CCCC2c2ccc(F)cc2)C(N)=Cc2ccccn2)cc(OCCO)c1. The number of benzene rings is 2. The van der Waals surface area contributed by atoms with Gasteiger partial charge in [-0.2, -0.15) is 0 Å². The van der Waals surface area contributed by atoms with Crippen LogP contribution >= 0.6 is 0 Å². The van der Waals surface area contributed by atoms with Crippen LogP contribution in [-0.2, 0) is 4.79 Å². The van der Waals surface area contributed by atoms with E-state index in [1.54, 1.807) is 59.6 Å². The molecule has 1 amide bonds. The van der Waals surface area contributed by atoms with Crippen LogP contribution in [0.15, 0.2) is 72.6 Å². The van der Waals surface area contributed by atoms with E-state index < -0.39 is 6.04 Å². The molecule has 0 saturated carbocycles. The third-order valence-corrected chi connectivity index (χ3v) is 6.16. The second-order valence-corrected chi connectivity index (χ2v) is 8.69. The summed E-state index contributed by atoms with van der Waals surface area (Å²) in [5.74, 6) is 0.456. The van der Waals surface area contributed by atoms with E-state index in [1.807, 2.05) is 6.07 Å². The second kappa shape index (κ2) is 12.2. The zero-order valence-corrected chi connectivity index (χ0v) is 20.6. The summed E-state index contributed by atoms with van der Waals surface area (Å²) < 4.78 is 24.5. The lowest BCUT2D eigenvalue weighted by molar-refractivity contribution is -0.132. The number of nitrogens with zero attached hydrogens (tertiary/aromatic N) is 2. The molecule has 0 aliphatic carbocycles. The fourth-order valence-corrected chi connectivity index (χ4v) is 4.42. The fourth-order valence-electron chi connectivity index (χ4n) is 4.42. The minimum atomic E-state index is -0.916. The van der Waals surface area contributed by atoms with Crippen LogP contribution in [0.2, 0.25) is 0 Å². The van der Waals surface area contributed by atoms with Crippen LogP contribution in [0, 0.1) is 5.82 Å². The molecule has 194 valence electrons. The van der Waals surface area contributed by atoms with Crippen LogP contribution in [0.25, 0.3) is 6.08 Å². The number of carbonyl (C=O) groups excluding carboxylic acids is 1. The van der Waals surface area contributed by atoms with Gasteiger partial charge in [-0.25, -0.2) is 4.39 Å². The van der Waals surface area contributed by atoms with Crippen molar-refractivity contribution in [3.8, 4) is 11.5 Å². The Morgan fingerprint density at radius 3 is 2.73 bits per heavy atom. The highest BCUT2D eigenvalue weighted by atomic mass is 19.1. The number of anilines is 1. The van der Waals surface area contributed by atoms with Gasteiger partial charge in [0.1, 0.15) is 30.0 Å². The molecule has 4 rings (SSSR count). The molecule has 3 aromatic rings. The van der Waals surface area contributed by atoms with E-state index in [0.29, 0.717) is 29.4 Å². The van der Waals surface area contributed by atoms with Crippen molar-refractivity contribution in [1.29, 1.82) is 0 Å². The van der Waals surface area contributed by atoms with Gasteiger partial charge in [0, 0.05) is 42.3 Å². The van der Waals surface area contributed by atoms with Gasteiger partial charge in [0.15, 0.2) is 0 Å². The fraction of sp³-hybridized carbons (Fsp3) is 0.286. The summed E-state index contributed by atoms with van der Waals surface area (Å²) in [5.41, 5.74) is 8.86. The Balaban J connectivity index is 1.68. The van der Waals surface area contributed by atoms with Crippen LogP contribution < -0.4 is 20.5 Å². The van der Waals surface area contributed by atoms with Crippen molar-refractivity contribution in [2.75, 3.05) is 32.2 Å². The number of halogens is 1. The summed E-state index contributed by atoms with van der Waals surface area (Å²) in [5, 5.41) is 12.4. The van der Waals surface area contributed by atoms with E-state index in [1.165, 1.54) is 19.2 Å². The number of nitrogens with one attached hydrogen (secondary N) is 1. The number of amides is 1. The minimum absolute atomic E-state index is 0.115. The van der Waals surface area contributed by atoms with Gasteiger partial charge in [0.05, 0.1) is 25.5 Å². The van der Waals surface area contributed by atoms with Crippen molar-refractivity contribution < 1.29 is 23.8 Å². The number of nitrogens with two attached hydrogens (primary N) is 1. The van der Waals surface area contributed by atoms with Crippen molar-refractivity contribution >= 4 is 17.7 Å².